The molecule has 2 amide bonds. The van der Waals surface area contributed by atoms with Crippen LogP contribution in [-0.4, -0.2) is 36.0 Å². The van der Waals surface area contributed by atoms with Crippen LogP contribution in [0.1, 0.15) is 32.7 Å². The molecule has 0 spiro atoms. The molecule has 0 fully saturated rings. The van der Waals surface area contributed by atoms with Gasteiger partial charge in [0.15, 0.2) is 0 Å². The molecule has 0 bridgehead atoms. The fraction of sp³-hybridized carbons (Fsp3) is 0.138. The minimum Gasteiger partial charge on any atom is -0.385 e. The van der Waals surface area contributed by atoms with E-state index in [1.807, 2.05) is 30.5 Å². The Morgan fingerprint density at radius 3 is 2.26 bits per heavy atom. The summed E-state index contributed by atoms with van der Waals surface area (Å²) in [6.45, 7) is 1.04. The maximum absolute atomic E-state index is 13.0. The van der Waals surface area contributed by atoms with E-state index in [9.17, 15) is 9.59 Å². The van der Waals surface area contributed by atoms with Gasteiger partial charge in [-0.25, -0.2) is 0 Å². The van der Waals surface area contributed by atoms with E-state index >= 15 is 0 Å². The number of amides is 2. The number of benzene rings is 4. The zero-order valence-electron chi connectivity index (χ0n) is 18.6. The van der Waals surface area contributed by atoms with Crippen LogP contribution in [0, 0.1) is 0 Å². The highest BCUT2D eigenvalue weighted by atomic mass is 16.2. The third kappa shape index (κ3) is 3.46. The lowest BCUT2D eigenvalue weighted by atomic mass is 9.94. The van der Waals surface area contributed by atoms with Crippen molar-refractivity contribution in [3.63, 3.8) is 0 Å². The molecular weight excluding hydrogens is 422 g/mol. The van der Waals surface area contributed by atoms with Crippen molar-refractivity contribution in [1.29, 1.82) is 0 Å². The number of hydrogen-bond acceptors (Lipinski definition) is 4. The summed E-state index contributed by atoms with van der Waals surface area (Å²) in [6.07, 6.45) is 3.53. The Labute approximate surface area is 197 Å². The molecule has 0 radical (unpaired) electrons. The van der Waals surface area contributed by atoms with Crippen LogP contribution < -0.4 is 5.32 Å². The summed E-state index contributed by atoms with van der Waals surface area (Å²) in [4.78, 5) is 31.8. The third-order valence-corrected chi connectivity index (χ3v) is 6.59. The van der Waals surface area contributed by atoms with E-state index < -0.39 is 0 Å². The largest absolute Gasteiger partial charge is 0.385 e. The lowest BCUT2D eigenvalue weighted by Gasteiger charge is -2.27. The maximum atomic E-state index is 13.0. The first-order valence-electron chi connectivity index (χ1n) is 11.6. The van der Waals surface area contributed by atoms with Crippen molar-refractivity contribution in [1.82, 2.24) is 4.90 Å². The first-order chi connectivity index (χ1) is 16.7. The standard InChI is InChI=1S/C29H23N3O2/c33-28-24-6-1-4-21-5-2-7-25(27(21)24)29(34)32(28)17-3-15-30-23-12-10-19(11-13-23)22-9-8-20-14-16-31-26(20)18-22/h1-2,4-13,16,18,30H,3,14-15,17H2. The Morgan fingerprint density at radius 1 is 0.824 bits per heavy atom. The van der Waals surface area contributed by atoms with Gasteiger partial charge >= 0.3 is 0 Å². The van der Waals surface area contributed by atoms with Crippen LogP contribution in [0.25, 0.3) is 21.9 Å². The molecule has 2 aliphatic rings. The summed E-state index contributed by atoms with van der Waals surface area (Å²) in [7, 11) is 0. The second-order valence-electron chi connectivity index (χ2n) is 8.69. The monoisotopic (exact) mass is 445 g/mol. The van der Waals surface area contributed by atoms with E-state index in [1.165, 1.54) is 10.5 Å². The van der Waals surface area contributed by atoms with E-state index in [4.69, 9.17) is 0 Å². The molecule has 4 aromatic carbocycles. The number of hydrogen-bond donors (Lipinski definition) is 1. The third-order valence-electron chi connectivity index (χ3n) is 6.59. The zero-order valence-corrected chi connectivity index (χ0v) is 18.6. The van der Waals surface area contributed by atoms with Gasteiger partial charge in [-0.2, -0.15) is 0 Å². The van der Waals surface area contributed by atoms with Gasteiger partial charge in [0.2, 0.25) is 0 Å². The molecule has 4 aromatic rings. The van der Waals surface area contributed by atoms with Crippen LogP contribution in [0.15, 0.2) is 83.9 Å². The first kappa shape index (κ1) is 20.4. The second-order valence-corrected chi connectivity index (χ2v) is 8.69. The smallest absolute Gasteiger partial charge is 0.261 e. The Balaban J connectivity index is 1.09. The van der Waals surface area contributed by atoms with Gasteiger partial charge in [0.1, 0.15) is 0 Å². The van der Waals surface area contributed by atoms with Gasteiger partial charge in [0.05, 0.1) is 5.69 Å². The molecule has 1 N–H and O–H groups in total. The van der Waals surface area contributed by atoms with Crippen molar-refractivity contribution in [3.05, 3.63) is 95.6 Å². The number of aliphatic imine (C=N–C) groups is 1. The molecule has 5 heteroatoms. The van der Waals surface area contributed by atoms with E-state index in [0.717, 1.165) is 39.7 Å². The summed E-state index contributed by atoms with van der Waals surface area (Å²) >= 11 is 0. The van der Waals surface area contributed by atoms with Crippen molar-refractivity contribution in [3.8, 4) is 11.1 Å². The topological polar surface area (TPSA) is 61.8 Å². The van der Waals surface area contributed by atoms with Gasteiger partial charge < -0.3 is 5.32 Å². The normalized spacial score (nSPS) is 14.1. The molecule has 0 saturated heterocycles. The molecule has 166 valence electrons. The van der Waals surface area contributed by atoms with Crippen LogP contribution in [0.2, 0.25) is 0 Å². The molecule has 2 aliphatic heterocycles. The van der Waals surface area contributed by atoms with Crippen molar-refractivity contribution < 1.29 is 9.59 Å². The lowest BCUT2D eigenvalue weighted by molar-refractivity contribution is 0.0610. The molecule has 2 heterocycles. The Morgan fingerprint density at radius 2 is 1.53 bits per heavy atom. The molecule has 0 aliphatic carbocycles. The highest BCUT2D eigenvalue weighted by Crippen LogP contribution is 2.31. The minimum absolute atomic E-state index is 0.211. The molecule has 0 saturated carbocycles. The van der Waals surface area contributed by atoms with E-state index in [1.54, 1.807) is 12.1 Å². The minimum atomic E-state index is -0.211. The summed E-state index contributed by atoms with van der Waals surface area (Å²) in [6, 6.07) is 25.9. The van der Waals surface area contributed by atoms with E-state index in [-0.39, 0.29) is 11.8 Å². The van der Waals surface area contributed by atoms with Gasteiger partial charge in [0.25, 0.3) is 11.8 Å². The number of anilines is 1. The molecule has 34 heavy (non-hydrogen) atoms. The highest BCUT2D eigenvalue weighted by Gasteiger charge is 2.32. The van der Waals surface area contributed by atoms with Crippen molar-refractivity contribution >= 4 is 40.2 Å². The van der Waals surface area contributed by atoms with Gasteiger partial charge in [-0.1, -0.05) is 48.5 Å². The predicted octanol–water partition coefficient (Wildman–Crippen LogP) is 5.86. The Kier molecular flexibility index (Phi) is 4.95. The Hall–Kier alpha value is -4.25. The fourth-order valence-corrected chi connectivity index (χ4v) is 4.81. The summed E-state index contributed by atoms with van der Waals surface area (Å²) < 4.78 is 0. The van der Waals surface area contributed by atoms with Crippen molar-refractivity contribution in [2.24, 2.45) is 4.99 Å². The molecule has 6 rings (SSSR count). The van der Waals surface area contributed by atoms with Crippen LogP contribution in [0.4, 0.5) is 11.4 Å². The molecule has 0 aromatic heterocycles. The lowest BCUT2D eigenvalue weighted by Crippen LogP contribution is -2.41. The average molecular weight is 446 g/mol. The quantitative estimate of drug-likeness (QED) is 0.299. The average Bonchev–Trinajstić information content (AvgIpc) is 3.35. The zero-order chi connectivity index (χ0) is 23.1. The predicted molar refractivity (Wildman–Crippen MR) is 136 cm³/mol. The summed E-state index contributed by atoms with van der Waals surface area (Å²) in [5.74, 6) is -0.422. The van der Waals surface area contributed by atoms with Crippen LogP contribution in [0.3, 0.4) is 0 Å². The van der Waals surface area contributed by atoms with E-state index in [0.29, 0.717) is 30.6 Å². The van der Waals surface area contributed by atoms with Crippen molar-refractivity contribution in [2.75, 3.05) is 18.4 Å². The molecular formula is C29H23N3O2. The Bertz CT molecular complexity index is 1420. The van der Waals surface area contributed by atoms with Gasteiger partial charge in [-0.15, -0.1) is 0 Å². The number of nitrogens with one attached hydrogen (secondary N) is 1. The number of nitrogens with zero attached hydrogens (tertiary/aromatic N) is 2. The number of carbonyl (C=O) groups excluding carboxylic acids is 2. The number of fused-ring (bicyclic) bond motifs is 1. The van der Waals surface area contributed by atoms with Crippen LogP contribution in [-0.2, 0) is 6.42 Å². The molecule has 5 nitrogen and oxygen atoms in total. The first-order valence-corrected chi connectivity index (χ1v) is 11.6. The van der Waals surface area contributed by atoms with Gasteiger partial charge in [-0.3, -0.25) is 19.5 Å². The van der Waals surface area contributed by atoms with Crippen LogP contribution in [0.5, 0.6) is 0 Å². The maximum Gasteiger partial charge on any atom is 0.261 e. The molecule has 0 unspecified atom stereocenters. The van der Waals surface area contributed by atoms with Crippen LogP contribution >= 0.6 is 0 Å². The summed E-state index contributed by atoms with van der Waals surface area (Å²) in [5.41, 5.74) is 6.85. The SMILES string of the molecule is O=C1c2cccc3cccc(c23)C(=O)N1CCCNc1ccc(-c2ccc3c(c2)N=CC3)cc1. The highest BCUT2D eigenvalue weighted by molar-refractivity contribution is 6.25. The fourth-order valence-electron chi connectivity index (χ4n) is 4.81. The summed E-state index contributed by atoms with van der Waals surface area (Å²) in [5, 5.41) is 5.09. The van der Waals surface area contributed by atoms with Crippen molar-refractivity contribution in [2.45, 2.75) is 12.8 Å². The number of imide groups is 1. The number of rotatable bonds is 6. The number of carbonyl (C=O) groups is 2. The second kappa shape index (κ2) is 8.27. The molecule has 0 atom stereocenters. The van der Waals surface area contributed by atoms with Gasteiger partial charge in [0, 0.05) is 47.9 Å². The van der Waals surface area contributed by atoms with Gasteiger partial charge in [-0.05, 0) is 58.8 Å². The van der Waals surface area contributed by atoms with E-state index in [2.05, 4.69) is 52.8 Å².